The molecule has 17 heavy (non-hydrogen) atoms. The summed E-state index contributed by atoms with van der Waals surface area (Å²) >= 11 is 0. The molecule has 96 valence electrons. The van der Waals surface area contributed by atoms with E-state index in [0.29, 0.717) is 12.3 Å². The molecule has 0 spiro atoms. The van der Waals surface area contributed by atoms with Gasteiger partial charge in [-0.05, 0) is 43.4 Å². The van der Waals surface area contributed by atoms with Crippen molar-refractivity contribution in [3.8, 4) is 0 Å². The van der Waals surface area contributed by atoms with E-state index in [1.165, 1.54) is 25.7 Å². The fourth-order valence-electron chi connectivity index (χ4n) is 2.54. The lowest BCUT2D eigenvalue weighted by atomic mass is 9.83. The van der Waals surface area contributed by atoms with Crippen LogP contribution in [-0.4, -0.2) is 18.2 Å². The van der Waals surface area contributed by atoms with Crippen LogP contribution in [-0.2, 0) is 0 Å². The van der Waals surface area contributed by atoms with E-state index in [1.54, 1.807) is 12.3 Å². The van der Waals surface area contributed by atoms with Crippen molar-refractivity contribution in [3.05, 3.63) is 24.2 Å². The normalized spacial score (nSPS) is 26.9. The summed E-state index contributed by atoms with van der Waals surface area (Å²) in [6, 6.07) is 3.62. The molecule has 1 fully saturated rings. The van der Waals surface area contributed by atoms with Gasteiger partial charge in [-0.15, -0.1) is 0 Å². The molecular weight excluding hydrogens is 214 g/mol. The van der Waals surface area contributed by atoms with Crippen molar-refractivity contribution in [3.63, 3.8) is 0 Å². The highest BCUT2D eigenvalue weighted by atomic mass is 16.4. The lowest BCUT2D eigenvalue weighted by Gasteiger charge is -2.26. The summed E-state index contributed by atoms with van der Waals surface area (Å²) in [5, 5.41) is 13.2. The van der Waals surface area contributed by atoms with Gasteiger partial charge in [-0.3, -0.25) is 0 Å². The minimum atomic E-state index is -0.521. The molecule has 1 saturated carbocycles. The van der Waals surface area contributed by atoms with Gasteiger partial charge in [-0.1, -0.05) is 19.8 Å². The Morgan fingerprint density at radius 1 is 1.41 bits per heavy atom. The fourth-order valence-corrected chi connectivity index (χ4v) is 2.54. The monoisotopic (exact) mass is 237 g/mol. The Morgan fingerprint density at radius 2 is 2.18 bits per heavy atom. The summed E-state index contributed by atoms with van der Waals surface area (Å²) in [6.07, 6.45) is 6.43. The van der Waals surface area contributed by atoms with E-state index in [-0.39, 0.29) is 0 Å². The second-order valence-corrected chi connectivity index (χ2v) is 5.32. The second kappa shape index (κ2) is 6.22. The molecule has 0 aromatic carbocycles. The first-order valence-corrected chi connectivity index (χ1v) is 6.68. The average molecular weight is 237 g/mol. The second-order valence-electron chi connectivity index (χ2n) is 5.32. The Balaban J connectivity index is 1.63. The van der Waals surface area contributed by atoms with Gasteiger partial charge >= 0.3 is 0 Å². The highest BCUT2D eigenvalue weighted by Gasteiger charge is 2.18. The van der Waals surface area contributed by atoms with Crippen LogP contribution < -0.4 is 5.32 Å². The highest BCUT2D eigenvalue weighted by Crippen LogP contribution is 2.27. The van der Waals surface area contributed by atoms with Gasteiger partial charge in [0.1, 0.15) is 11.9 Å². The number of nitrogens with one attached hydrogen (secondary N) is 1. The molecular formula is C14H23NO2. The summed E-state index contributed by atoms with van der Waals surface area (Å²) in [5.74, 6) is 2.34. The first-order chi connectivity index (χ1) is 8.25. The number of aliphatic hydroxyl groups is 1. The van der Waals surface area contributed by atoms with Crippen molar-refractivity contribution >= 4 is 0 Å². The Hall–Kier alpha value is -0.800. The topological polar surface area (TPSA) is 45.4 Å². The molecule has 3 nitrogen and oxygen atoms in total. The number of rotatable bonds is 5. The summed E-state index contributed by atoms with van der Waals surface area (Å²) in [5.41, 5.74) is 0. The quantitative estimate of drug-likeness (QED) is 0.827. The van der Waals surface area contributed by atoms with E-state index in [4.69, 9.17) is 4.42 Å². The highest BCUT2D eigenvalue weighted by molar-refractivity contribution is 5.02. The van der Waals surface area contributed by atoms with Crippen molar-refractivity contribution in [1.82, 2.24) is 5.32 Å². The third-order valence-corrected chi connectivity index (χ3v) is 3.78. The average Bonchev–Trinajstić information content (AvgIpc) is 2.85. The van der Waals surface area contributed by atoms with Crippen LogP contribution in [0.15, 0.2) is 22.8 Å². The van der Waals surface area contributed by atoms with E-state index in [2.05, 4.69) is 12.2 Å². The van der Waals surface area contributed by atoms with Crippen LogP contribution in [0.2, 0.25) is 0 Å². The number of hydrogen-bond donors (Lipinski definition) is 2. The third kappa shape index (κ3) is 3.86. The maximum absolute atomic E-state index is 9.82. The molecule has 1 aliphatic carbocycles. The predicted molar refractivity (Wildman–Crippen MR) is 67.7 cm³/mol. The van der Waals surface area contributed by atoms with Crippen LogP contribution in [0.5, 0.6) is 0 Å². The fraction of sp³-hybridized carbons (Fsp3) is 0.714. The minimum Gasteiger partial charge on any atom is -0.467 e. The molecule has 1 heterocycles. The molecule has 1 aromatic heterocycles. The molecule has 0 amide bonds. The van der Waals surface area contributed by atoms with Crippen molar-refractivity contribution in [2.45, 2.75) is 38.7 Å². The zero-order valence-corrected chi connectivity index (χ0v) is 10.6. The maximum atomic E-state index is 9.82. The smallest absolute Gasteiger partial charge is 0.133 e. The molecule has 3 heteroatoms. The van der Waals surface area contributed by atoms with Gasteiger partial charge in [0.15, 0.2) is 0 Å². The Bertz CT molecular complexity index is 302. The molecule has 0 bridgehead atoms. The maximum Gasteiger partial charge on any atom is 0.133 e. The van der Waals surface area contributed by atoms with Crippen LogP contribution in [0.4, 0.5) is 0 Å². The van der Waals surface area contributed by atoms with Gasteiger partial charge in [-0.2, -0.15) is 0 Å². The molecule has 2 N–H and O–H groups in total. The first-order valence-electron chi connectivity index (χ1n) is 6.68. The Morgan fingerprint density at radius 3 is 2.82 bits per heavy atom. The van der Waals surface area contributed by atoms with E-state index in [9.17, 15) is 5.11 Å². The van der Waals surface area contributed by atoms with E-state index >= 15 is 0 Å². The summed E-state index contributed by atoms with van der Waals surface area (Å²) in [7, 11) is 0. The molecule has 1 atom stereocenters. The third-order valence-electron chi connectivity index (χ3n) is 3.78. The van der Waals surface area contributed by atoms with Gasteiger partial charge < -0.3 is 14.8 Å². The zero-order valence-electron chi connectivity index (χ0n) is 10.6. The number of hydrogen-bond acceptors (Lipinski definition) is 3. The number of aliphatic hydroxyl groups excluding tert-OH is 1. The molecule has 0 saturated heterocycles. The predicted octanol–water partition coefficient (Wildman–Crippen LogP) is 2.73. The van der Waals surface area contributed by atoms with Gasteiger partial charge in [-0.25, -0.2) is 0 Å². The molecule has 0 aliphatic heterocycles. The van der Waals surface area contributed by atoms with Crippen molar-refractivity contribution in [1.29, 1.82) is 0 Å². The van der Waals surface area contributed by atoms with Crippen LogP contribution >= 0.6 is 0 Å². The molecule has 1 aromatic rings. The van der Waals surface area contributed by atoms with Gasteiger partial charge in [0.2, 0.25) is 0 Å². The van der Waals surface area contributed by atoms with Crippen molar-refractivity contribution < 1.29 is 9.52 Å². The van der Waals surface area contributed by atoms with Crippen molar-refractivity contribution in [2.75, 3.05) is 13.1 Å². The standard InChI is InChI=1S/C14H23NO2/c1-11-4-6-12(7-5-11)9-15-10-13(16)14-3-2-8-17-14/h2-3,8,11-13,15-16H,4-7,9-10H2,1H3. The van der Waals surface area contributed by atoms with E-state index in [1.807, 2.05) is 6.07 Å². The first kappa shape index (κ1) is 12.7. The molecule has 1 unspecified atom stereocenters. The van der Waals surface area contributed by atoms with Gasteiger partial charge in [0.05, 0.1) is 6.26 Å². The van der Waals surface area contributed by atoms with Crippen molar-refractivity contribution in [2.24, 2.45) is 11.8 Å². The van der Waals surface area contributed by atoms with E-state index < -0.39 is 6.10 Å². The SMILES string of the molecule is CC1CCC(CNCC(O)c2ccco2)CC1. The number of furan rings is 1. The van der Waals surface area contributed by atoms with Crippen LogP contribution in [0, 0.1) is 11.8 Å². The van der Waals surface area contributed by atoms with Crippen LogP contribution in [0.3, 0.4) is 0 Å². The molecule has 2 rings (SSSR count). The summed E-state index contributed by atoms with van der Waals surface area (Å²) in [6.45, 7) is 3.94. The van der Waals surface area contributed by atoms with Gasteiger partial charge in [0.25, 0.3) is 0 Å². The largest absolute Gasteiger partial charge is 0.467 e. The molecule has 0 radical (unpaired) electrons. The summed E-state index contributed by atoms with van der Waals surface area (Å²) in [4.78, 5) is 0. The Kier molecular flexibility index (Phi) is 4.63. The Labute approximate surface area is 103 Å². The van der Waals surface area contributed by atoms with Crippen LogP contribution in [0.25, 0.3) is 0 Å². The summed E-state index contributed by atoms with van der Waals surface area (Å²) < 4.78 is 5.16. The lowest BCUT2D eigenvalue weighted by molar-refractivity contribution is 0.144. The van der Waals surface area contributed by atoms with Gasteiger partial charge in [0, 0.05) is 6.54 Å². The van der Waals surface area contributed by atoms with Crippen LogP contribution in [0.1, 0.15) is 44.5 Å². The van der Waals surface area contributed by atoms with E-state index in [0.717, 1.165) is 18.4 Å². The lowest BCUT2D eigenvalue weighted by Crippen LogP contribution is -2.29. The minimum absolute atomic E-state index is 0.521. The molecule has 1 aliphatic rings. The zero-order chi connectivity index (χ0) is 12.1.